The molecule has 0 atom stereocenters. The molecule has 122 valence electrons. The fourth-order valence-corrected chi connectivity index (χ4v) is 2.20. The van der Waals surface area contributed by atoms with E-state index in [0.29, 0.717) is 12.2 Å². The topological polar surface area (TPSA) is 94.4 Å². The Bertz CT molecular complexity index is 677. The number of carboxylic acid groups (broad SMARTS) is 1. The monoisotopic (exact) mass is 317 g/mol. The van der Waals surface area contributed by atoms with E-state index in [-0.39, 0.29) is 23.0 Å². The largest absolute Gasteiger partial charge is 0.478 e. The number of hydrogen-bond acceptors (Lipinski definition) is 6. The summed E-state index contributed by atoms with van der Waals surface area (Å²) in [6.45, 7) is 4.07. The maximum atomic E-state index is 10.9. The SMILES string of the molecule is COc1nc(CC(C)(C)c2ccc(C(=O)O)cc2)nc(OC)n1. The number of carbonyl (C=O) groups is 1. The zero-order valence-electron chi connectivity index (χ0n) is 13.5. The lowest BCUT2D eigenvalue weighted by Gasteiger charge is -2.24. The maximum Gasteiger partial charge on any atom is 0.335 e. The van der Waals surface area contributed by atoms with Crippen LogP contribution in [0.3, 0.4) is 0 Å². The molecule has 7 nitrogen and oxygen atoms in total. The van der Waals surface area contributed by atoms with Gasteiger partial charge in [-0.25, -0.2) is 4.79 Å². The number of carboxylic acids is 1. The minimum Gasteiger partial charge on any atom is -0.478 e. The minimum atomic E-state index is -0.943. The van der Waals surface area contributed by atoms with Gasteiger partial charge in [0.05, 0.1) is 19.8 Å². The summed E-state index contributed by atoms with van der Waals surface area (Å²) < 4.78 is 10.1. The van der Waals surface area contributed by atoms with Crippen molar-refractivity contribution in [1.82, 2.24) is 15.0 Å². The standard InChI is InChI=1S/C16H19N3O4/c1-16(2,11-7-5-10(6-8-11)13(20)21)9-12-17-14(22-3)19-15(18-12)23-4/h5-8H,9H2,1-4H3,(H,20,21). The van der Waals surface area contributed by atoms with Crippen molar-refractivity contribution in [2.75, 3.05) is 14.2 Å². The lowest BCUT2D eigenvalue weighted by Crippen LogP contribution is -2.22. The van der Waals surface area contributed by atoms with E-state index in [0.717, 1.165) is 5.56 Å². The Hall–Kier alpha value is -2.70. The third kappa shape index (κ3) is 3.94. The first-order chi connectivity index (χ1) is 10.9. The van der Waals surface area contributed by atoms with Crippen molar-refractivity contribution < 1.29 is 19.4 Å². The van der Waals surface area contributed by atoms with Gasteiger partial charge < -0.3 is 14.6 Å². The van der Waals surface area contributed by atoms with Crippen molar-refractivity contribution >= 4 is 5.97 Å². The molecular weight excluding hydrogens is 298 g/mol. The smallest absolute Gasteiger partial charge is 0.335 e. The van der Waals surface area contributed by atoms with Crippen molar-refractivity contribution in [1.29, 1.82) is 0 Å². The molecule has 0 aliphatic carbocycles. The van der Waals surface area contributed by atoms with Crippen LogP contribution in [0.2, 0.25) is 0 Å². The average molecular weight is 317 g/mol. The summed E-state index contributed by atoms with van der Waals surface area (Å²) in [5, 5.41) is 8.97. The minimum absolute atomic E-state index is 0.198. The lowest BCUT2D eigenvalue weighted by molar-refractivity contribution is 0.0697. The second kappa shape index (κ2) is 6.60. The van der Waals surface area contributed by atoms with Crippen LogP contribution in [0.5, 0.6) is 12.0 Å². The quantitative estimate of drug-likeness (QED) is 0.871. The molecular formula is C16H19N3O4. The highest BCUT2D eigenvalue weighted by Gasteiger charge is 2.24. The number of methoxy groups -OCH3 is 2. The summed E-state index contributed by atoms with van der Waals surface area (Å²) in [7, 11) is 2.96. The Labute approximate surface area is 134 Å². The first-order valence-electron chi connectivity index (χ1n) is 7.02. The number of rotatable bonds is 6. The molecule has 23 heavy (non-hydrogen) atoms. The molecule has 0 saturated carbocycles. The van der Waals surface area contributed by atoms with Crippen LogP contribution in [0.15, 0.2) is 24.3 Å². The van der Waals surface area contributed by atoms with Gasteiger partial charge in [-0.1, -0.05) is 26.0 Å². The summed E-state index contributed by atoms with van der Waals surface area (Å²) in [5.41, 5.74) is 0.947. The first-order valence-corrected chi connectivity index (χ1v) is 7.02. The highest BCUT2D eigenvalue weighted by molar-refractivity contribution is 5.87. The summed E-state index contributed by atoms with van der Waals surface area (Å²) in [5.74, 6) is -0.401. The zero-order valence-corrected chi connectivity index (χ0v) is 13.5. The van der Waals surface area contributed by atoms with Gasteiger partial charge in [0.15, 0.2) is 0 Å². The summed E-state index contributed by atoms with van der Waals surface area (Å²) in [6.07, 6.45) is 0.522. The van der Waals surface area contributed by atoms with Crippen molar-refractivity contribution in [3.05, 3.63) is 41.2 Å². The molecule has 1 aromatic carbocycles. The van der Waals surface area contributed by atoms with Crippen LogP contribution in [0.25, 0.3) is 0 Å². The van der Waals surface area contributed by atoms with Gasteiger partial charge in [0.1, 0.15) is 5.82 Å². The number of ether oxygens (including phenoxy) is 2. The van der Waals surface area contributed by atoms with Crippen LogP contribution in [-0.4, -0.2) is 40.2 Å². The van der Waals surface area contributed by atoms with Gasteiger partial charge in [-0.05, 0) is 23.1 Å². The van der Waals surface area contributed by atoms with Gasteiger partial charge >= 0.3 is 18.0 Å². The Balaban J connectivity index is 2.28. The number of benzene rings is 1. The molecule has 0 aliphatic heterocycles. The van der Waals surface area contributed by atoms with Crippen molar-refractivity contribution in [2.45, 2.75) is 25.7 Å². The van der Waals surface area contributed by atoms with Crippen molar-refractivity contribution in [3.63, 3.8) is 0 Å². The maximum absolute atomic E-state index is 10.9. The Kier molecular flexibility index (Phi) is 4.78. The molecule has 7 heteroatoms. The van der Waals surface area contributed by atoms with E-state index in [1.54, 1.807) is 24.3 Å². The van der Waals surface area contributed by atoms with Gasteiger partial charge in [0, 0.05) is 6.42 Å². The number of aromatic nitrogens is 3. The van der Waals surface area contributed by atoms with E-state index in [4.69, 9.17) is 14.6 Å². The molecule has 0 spiro atoms. The molecule has 0 bridgehead atoms. The normalized spacial score (nSPS) is 11.1. The predicted octanol–water partition coefficient (Wildman–Crippen LogP) is 2.11. The van der Waals surface area contributed by atoms with E-state index in [1.807, 2.05) is 13.8 Å². The highest BCUT2D eigenvalue weighted by Crippen LogP contribution is 2.27. The second-order valence-electron chi connectivity index (χ2n) is 5.67. The average Bonchev–Trinajstić information content (AvgIpc) is 2.54. The van der Waals surface area contributed by atoms with Crippen LogP contribution < -0.4 is 9.47 Å². The van der Waals surface area contributed by atoms with E-state index in [1.165, 1.54) is 14.2 Å². The van der Waals surface area contributed by atoms with Gasteiger partial charge in [-0.2, -0.15) is 9.97 Å². The fraction of sp³-hybridized carbons (Fsp3) is 0.375. The van der Waals surface area contributed by atoms with Gasteiger partial charge in [-0.15, -0.1) is 4.98 Å². The van der Waals surface area contributed by atoms with Crippen LogP contribution in [0.4, 0.5) is 0 Å². The Morgan fingerprint density at radius 3 is 2.00 bits per heavy atom. The molecule has 0 aliphatic rings. The molecule has 0 amide bonds. The molecule has 0 saturated heterocycles. The van der Waals surface area contributed by atoms with Crippen molar-refractivity contribution in [2.24, 2.45) is 0 Å². The summed E-state index contributed by atoms with van der Waals surface area (Å²) in [6, 6.07) is 7.19. The van der Waals surface area contributed by atoms with Crippen LogP contribution in [0.1, 0.15) is 35.6 Å². The van der Waals surface area contributed by atoms with Gasteiger partial charge in [-0.3, -0.25) is 0 Å². The first kappa shape index (κ1) is 16.7. The van der Waals surface area contributed by atoms with Crippen LogP contribution >= 0.6 is 0 Å². The number of hydrogen-bond donors (Lipinski definition) is 1. The summed E-state index contributed by atoms with van der Waals surface area (Å²) in [4.78, 5) is 23.4. The van der Waals surface area contributed by atoms with E-state index in [9.17, 15) is 4.79 Å². The molecule has 1 heterocycles. The summed E-state index contributed by atoms with van der Waals surface area (Å²) >= 11 is 0. The van der Waals surface area contributed by atoms with Gasteiger partial charge in [0.2, 0.25) is 0 Å². The molecule has 1 N–H and O–H groups in total. The zero-order chi connectivity index (χ0) is 17.0. The molecule has 0 fully saturated rings. The van der Waals surface area contributed by atoms with Crippen LogP contribution in [0, 0.1) is 0 Å². The Morgan fingerprint density at radius 2 is 1.57 bits per heavy atom. The third-order valence-electron chi connectivity index (χ3n) is 3.52. The van der Waals surface area contributed by atoms with Gasteiger partial charge in [0.25, 0.3) is 0 Å². The highest BCUT2D eigenvalue weighted by atomic mass is 16.5. The molecule has 0 unspecified atom stereocenters. The number of aromatic carboxylic acids is 1. The third-order valence-corrected chi connectivity index (χ3v) is 3.52. The lowest BCUT2D eigenvalue weighted by atomic mass is 9.81. The predicted molar refractivity (Wildman–Crippen MR) is 83.1 cm³/mol. The fourth-order valence-electron chi connectivity index (χ4n) is 2.20. The van der Waals surface area contributed by atoms with E-state index in [2.05, 4.69) is 15.0 Å². The number of nitrogens with zero attached hydrogens (tertiary/aromatic N) is 3. The van der Waals surface area contributed by atoms with E-state index >= 15 is 0 Å². The molecule has 2 aromatic rings. The van der Waals surface area contributed by atoms with E-state index < -0.39 is 5.97 Å². The molecule has 0 radical (unpaired) electrons. The second-order valence-corrected chi connectivity index (χ2v) is 5.67. The Morgan fingerprint density at radius 1 is 1.04 bits per heavy atom. The molecule has 2 rings (SSSR count). The molecule has 1 aromatic heterocycles. The van der Waals surface area contributed by atoms with Crippen molar-refractivity contribution in [3.8, 4) is 12.0 Å². The van der Waals surface area contributed by atoms with Crippen LogP contribution in [-0.2, 0) is 11.8 Å².